The van der Waals surface area contributed by atoms with Crippen molar-refractivity contribution in [2.45, 2.75) is 37.8 Å². The first-order chi connectivity index (χ1) is 9.19. The maximum Gasteiger partial charge on any atom is 0.129 e. The van der Waals surface area contributed by atoms with E-state index in [1.54, 1.807) is 12.1 Å². The van der Waals surface area contributed by atoms with Gasteiger partial charge in [-0.05, 0) is 25.0 Å². The Labute approximate surface area is 118 Å². The Morgan fingerprint density at radius 1 is 1.32 bits per heavy atom. The summed E-state index contributed by atoms with van der Waals surface area (Å²) >= 11 is 6.10. The monoisotopic (exact) mass is 283 g/mol. The van der Waals surface area contributed by atoms with Gasteiger partial charge in [0, 0.05) is 30.2 Å². The van der Waals surface area contributed by atoms with Crippen LogP contribution in [0.1, 0.15) is 31.2 Å². The molecule has 0 N–H and O–H groups in total. The molecule has 3 rings (SSSR count). The lowest BCUT2D eigenvalue weighted by molar-refractivity contribution is -0.107. The number of ether oxygens (including phenoxy) is 1. The van der Waals surface area contributed by atoms with Gasteiger partial charge in [0.25, 0.3) is 0 Å². The van der Waals surface area contributed by atoms with Crippen molar-refractivity contribution in [3.05, 3.63) is 34.6 Å². The first kappa shape index (κ1) is 13.3. The minimum absolute atomic E-state index is 0.0238. The molecule has 0 radical (unpaired) electrons. The van der Waals surface area contributed by atoms with E-state index in [-0.39, 0.29) is 11.4 Å². The Hall–Kier alpha value is -0.640. The van der Waals surface area contributed by atoms with Crippen LogP contribution in [0.5, 0.6) is 0 Å². The average Bonchev–Trinajstić information content (AvgIpc) is 2.82. The highest BCUT2D eigenvalue weighted by Crippen LogP contribution is 2.36. The average molecular weight is 284 g/mol. The zero-order chi connectivity index (χ0) is 13.3. The van der Waals surface area contributed by atoms with E-state index in [1.165, 1.54) is 18.9 Å². The SMILES string of the molecule is Fc1cccc(Cl)c1CN1CCOC2(CCCC2)C1. The van der Waals surface area contributed by atoms with Crippen LogP contribution in [0, 0.1) is 5.82 Å². The van der Waals surface area contributed by atoms with Gasteiger partial charge in [-0.2, -0.15) is 0 Å². The Morgan fingerprint density at radius 2 is 2.11 bits per heavy atom. The van der Waals surface area contributed by atoms with Crippen LogP contribution in [0.25, 0.3) is 0 Å². The molecule has 1 aromatic rings. The third-order valence-electron chi connectivity index (χ3n) is 4.29. The Morgan fingerprint density at radius 3 is 2.84 bits per heavy atom. The molecule has 0 amide bonds. The maximum atomic E-state index is 13.8. The molecule has 4 heteroatoms. The summed E-state index contributed by atoms with van der Waals surface area (Å²) in [6.07, 6.45) is 4.76. The van der Waals surface area contributed by atoms with E-state index in [2.05, 4.69) is 4.90 Å². The van der Waals surface area contributed by atoms with Gasteiger partial charge in [0.15, 0.2) is 0 Å². The van der Waals surface area contributed by atoms with Crippen LogP contribution in [-0.4, -0.2) is 30.2 Å². The fourth-order valence-electron chi connectivity index (χ4n) is 3.29. The second kappa shape index (κ2) is 5.39. The highest BCUT2D eigenvalue weighted by Gasteiger charge is 2.39. The lowest BCUT2D eigenvalue weighted by Crippen LogP contribution is -2.49. The zero-order valence-electron chi connectivity index (χ0n) is 11.0. The van der Waals surface area contributed by atoms with E-state index in [0.717, 1.165) is 32.5 Å². The third kappa shape index (κ3) is 2.78. The largest absolute Gasteiger partial charge is 0.372 e. The first-order valence-electron chi connectivity index (χ1n) is 6.98. The summed E-state index contributed by atoms with van der Waals surface area (Å²) in [7, 11) is 0. The van der Waals surface area contributed by atoms with Gasteiger partial charge in [-0.15, -0.1) is 0 Å². The van der Waals surface area contributed by atoms with Crippen molar-refractivity contribution in [1.82, 2.24) is 4.90 Å². The lowest BCUT2D eigenvalue weighted by Gasteiger charge is -2.40. The van der Waals surface area contributed by atoms with Crippen molar-refractivity contribution in [3.63, 3.8) is 0 Å². The number of nitrogens with zero attached hydrogens (tertiary/aromatic N) is 1. The molecule has 2 aliphatic rings. The summed E-state index contributed by atoms with van der Waals surface area (Å²) in [6, 6.07) is 4.89. The summed E-state index contributed by atoms with van der Waals surface area (Å²) in [5.74, 6) is -0.209. The molecule has 1 heterocycles. The summed E-state index contributed by atoms with van der Waals surface area (Å²) in [5, 5.41) is 0.520. The van der Waals surface area contributed by atoms with Crippen LogP contribution < -0.4 is 0 Å². The summed E-state index contributed by atoms with van der Waals surface area (Å²) in [6.45, 7) is 3.08. The molecule has 19 heavy (non-hydrogen) atoms. The van der Waals surface area contributed by atoms with E-state index in [1.807, 2.05) is 0 Å². The molecule has 0 aromatic heterocycles. The predicted molar refractivity (Wildman–Crippen MR) is 73.8 cm³/mol. The molecule has 2 nitrogen and oxygen atoms in total. The standard InChI is InChI=1S/C15H19ClFNO/c16-13-4-3-5-14(17)12(13)10-18-8-9-19-15(11-18)6-1-2-7-15/h3-5H,1-2,6-11H2. The van der Waals surface area contributed by atoms with Gasteiger partial charge in [-0.3, -0.25) is 4.90 Å². The van der Waals surface area contributed by atoms with Crippen LogP contribution >= 0.6 is 11.6 Å². The van der Waals surface area contributed by atoms with Gasteiger partial charge in [0.2, 0.25) is 0 Å². The fourth-order valence-corrected chi connectivity index (χ4v) is 3.51. The van der Waals surface area contributed by atoms with Crippen LogP contribution in [0.3, 0.4) is 0 Å². The molecular weight excluding hydrogens is 265 g/mol. The quantitative estimate of drug-likeness (QED) is 0.822. The van der Waals surface area contributed by atoms with Gasteiger partial charge in [-0.1, -0.05) is 30.5 Å². The molecule has 1 aromatic carbocycles. The van der Waals surface area contributed by atoms with Crippen molar-refractivity contribution in [3.8, 4) is 0 Å². The fraction of sp³-hybridized carbons (Fsp3) is 0.600. The number of halogens is 2. The molecule has 1 saturated heterocycles. The maximum absolute atomic E-state index is 13.8. The summed E-state index contributed by atoms with van der Waals surface area (Å²) in [4.78, 5) is 2.28. The molecule has 0 bridgehead atoms. The van der Waals surface area contributed by atoms with Crippen LogP contribution in [-0.2, 0) is 11.3 Å². The minimum Gasteiger partial charge on any atom is -0.372 e. The number of rotatable bonds is 2. The van der Waals surface area contributed by atoms with Crippen LogP contribution in [0.2, 0.25) is 5.02 Å². The molecule has 1 spiro atoms. The molecule has 0 atom stereocenters. The van der Waals surface area contributed by atoms with Crippen LogP contribution in [0.15, 0.2) is 18.2 Å². The molecular formula is C15H19ClFNO. The van der Waals surface area contributed by atoms with Gasteiger partial charge < -0.3 is 4.74 Å². The van der Waals surface area contributed by atoms with Gasteiger partial charge in [-0.25, -0.2) is 4.39 Å². The Kier molecular flexibility index (Phi) is 3.79. The second-order valence-corrected chi connectivity index (χ2v) is 6.06. The Bertz CT molecular complexity index is 439. The second-order valence-electron chi connectivity index (χ2n) is 5.65. The summed E-state index contributed by atoms with van der Waals surface area (Å²) in [5.41, 5.74) is 0.634. The number of hydrogen-bond donors (Lipinski definition) is 0. The molecule has 1 aliphatic heterocycles. The van der Waals surface area contributed by atoms with Crippen molar-refractivity contribution < 1.29 is 9.13 Å². The molecule has 0 unspecified atom stereocenters. The van der Waals surface area contributed by atoms with Crippen LogP contribution in [0.4, 0.5) is 4.39 Å². The van der Waals surface area contributed by atoms with E-state index in [4.69, 9.17) is 16.3 Å². The highest BCUT2D eigenvalue weighted by molar-refractivity contribution is 6.31. The van der Waals surface area contributed by atoms with Crippen molar-refractivity contribution in [2.24, 2.45) is 0 Å². The lowest BCUT2D eigenvalue weighted by atomic mass is 9.99. The van der Waals surface area contributed by atoms with Crippen molar-refractivity contribution in [1.29, 1.82) is 0 Å². The first-order valence-corrected chi connectivity index (χ1v) is 7.36. The summed E-state index contributed by atoms with van der Waals surface area (Å²) < 4.78 is 19.8. The van der Waals surface area contributed by atoms with E-state index in [9.17, 15) is 4.39 Å². The minimum atomic E-state index is -0.209. The van der Waals surface area contributed by atoms with E-state index < -0.39 is 0 Å². The highest BCUT2D eigenvalue weighted by atomic mass is 35.5. The van der Waals surface area contributed by atoms with E-state index in [0.29, 0.717) is 17.1 Å². The molecule has 1 aliphatic carbocycles. The van der Waals surface area contributed by atoms with E-state index >= 15 is 0 Å². The van der Waals surface area contributed by atoms with Gasteiger partial charge in [0.1, 0.15) is 5.82 Å². The molecule has 1 saturated carbocycles. The van der Waals surface area contributed by atoms with Crippen molar-refractivity contribution in [2.75, 3.05) is 19.7 Å². The normalized spacial score (nSPS) is 23.1. The molecule has 104 valence electrons. The number of hydrogen-bond acceptors (Lipinski definition) is 2. The number of morpholine rings is 1. The molecule has 2 fully saturated rings. The number of benzene rings is 1. The topological polar surface area (TPSA) is 12.5 Å². The third-order valence-corrected chi connectivity index (χ3v) is 4.64. The smallest absolute Gasteiger partial charge is 0.129 e. The zero-order valence-corrected chi connectivity index (χ0v) is 11.8. The van der Waals surface area contributed by atoms with Crippen molar-refractivity contribution >= 4 is 11.6 Å². The van der Waals surface area contributed by atoms with Gasteiger partial charge >= 0.3 is 0 Å². The predicted octanol–water partition coefficient (Wildman–Crippen LogP) is 3.62. The Balaban J connectivity index is 1.73. The van der Waals surface area contributed by atoms with Gasteiger partial charge in [0.05, 0.1) is 12.2 Å².